The van der Waals surface area contributed by atoms with E-state index in [9.17, 15) is 27.9 Å². The SMILES string of the molecule is CCCC[NH+]1c2ccc([N+](=O)[O-])cc2C(C)(C)C1/C=C/C=C/C=C/C=C1\N(CCCCCC(=O)O)c2ccc(S(=O)(=O)O)cc2C1(C)C. The number of anilines is 1. The predicted molar refractivity (Wildman–Crippen MR) is 189 cm³/mol. The fraction of sp³-hybridized carbons (Fsp3) is 0.432. The van der Waals surface area contributed by atoms with Crippen LogP contribution in [0.3, 0.4) is 0 Å². The average molecular weight is 679 g/mol. The van der Waals surface area contributed by atoms with Crippen LogP contribution in [0.1, 0.15) is 84.3 Å². The van der Waals surface area contributed by atoms with Crippen LogP contribution in [-0.2, 0) is 25.7 Å². The van der Waals surface area contributed by atoms with Crippen LogP contribution in [0.2, 0.25) is 0 Å². The molecule has 2 unspecified atom stereocenters. The molecule has 0 spiro atoms. The standard InChI is InChI=1S/C37H47N3O7S/c1-6-7-23-38-31-21-19-27(40(43)44)25-29(31)36(2,3)33(38)16-12-9-8-10-13-17-34-37(4,5)30-26-28(48(45,46)47)20-22-32(30)39(34)24-15-11-14-18-35(41)42/h8-10,12-13,16-17,19-22,25-26,33H,6-7,11,14-15,18,23-24H2,1-5H3,(H,41,42)(H,45,46,47)/p+1/b9-8+,13-10+,16-12+,34-17-. The number of aliphatic carboxylic acids is 1. The second-order valence-electron chi connectivity index (χ2n) is 13.7. The molecule has 0 fully saturated rings. The molecule has 258 valence electrons. The number of non-ortho nitro benzene ring substituents is 1. The van der Waals surface area contributed by atoms with Gasteiger partial charge in [0.1, 0.15) is 11.7 Å². The van der Waals surface area contributed by atoms with E-state index in [1.165, 1.54) is 17.0 Å². The van der Waals surface area contributed by atoms with Crippen LogP contribution < -0.4 is 9.80 Å². The van der Waals surface area contributed by atoms with Crippen molar-refractivity contribution in [3.05, 3.63) is 106 Å². The molecule has 2 aliphatic heterocycles. The Morgan fingerprint density at radius 1 is 0.979 bits per heavy atom. The maximum atomic E-state index is 11.9. The maximum absolute atomic E-state index is 11.9. The maximum Gasteiger partial charge on any atom is 0.303 e. The minimum Gasteiger partial charge on any atom is -0.481 e. The van der Waals surface area contributed by atoms with E-state index in [2.05, 4.69) is 31.7 Å². The molecule has 0 radical (unpaired) electrons. The van der Waals surface area contributed by atoms with Gasteiger partial charge in [0.25, 0.3) is 15.8 Å². The minimum atomic E-state index is -4.37. The highest BCUT2D eigenvalue weighted by atomic mass is 32.2. The van der Waals surface area contributed by atoms with Gasteiger partial charge < -0.3 is 10.0 Å². The smallest absolute Gasteiger partial charge is 0.303 e. The monoisotopic (exact) mass is 678 g/mol. The summed E-state index contributed by atoms with van der Waals surface area (Å²) >= 11 is 0. The Labute approximate surface area is 284 Å². The number of carboxylic acid groups (broad SMARTS) is 1. The van der Waals surface area contributed by atoms with Crippen molar-refractivity contribution in [1.82, 2.24) is 0 Å². The van der Waals surface area contributed by atoms with Crippen molar-refractivity contribution in [1.29, 1.82) is 0 Å². The number of nitro benzene ring substituents is 1. The van der Waals surface area contributed by atoms with Crippen LogP contribution in [-0.4, -0.2) is 48.1 Å². The Bertz CT molecular complexity index is 1760. The molecule has 2 aromatic rings. The first-order valence-corrected chi connectivity index (χ1v) is 18.0. The number of fused-ring (bicyclic) bond motifs is 2. The molecule has 0 bridgehead atoms. The molecule has 10 nitrogen and oxygen atoms in total. The van der Waals surface area contributed by atoms with Crippen LogP contribution in [0.5, 0.6) is 0 Å². The molecule has 0 amide bonds. The van der Waals surface area contributed by atoms with Crippen molar-refractivity contribution in [3.8, 4) is 0 Å². The van der Waals surface area contributed by atoms with E-state index in [4.69, 9.17) is 5.11 Å². The number of quaternary nitrogens is 1. The van der Waals surface area contributed by atoms with Crippen LogP contribution in [0, 0.1) is 10.1 Å². The van der Waals surface area contributed by atoms with Crippen LogP contribution in [0.15, 0.2) is 89.5 Å². The Balaban J connectivity index is 1.54. The fourth-order valence-corrected chi connectivity index (χ4v) is 7.54. The number of benzene rings is 2. The second-order valence-corrected chi connectivity index (χ2v) is 15.1. The number of hydrogen-bond acceptors (Lipinski definition) is 6. The van der Waals surface area contributed by atoms with Crippen LogP contribution in [0.25, 0.3) is 0 Å². The van der Waals surface area contributed by atoms with E-state index in [1.807, 2.05) is 56.4 Å². The van der Waals surface area contributed by atoms with E-state index in [-0.39, 0.29) is 33.4 Å². The van der Waals surface area contributed by atoms with E-state index >= 15 is 0 Å². The van der Waals surface area contributed by atoms with Gasteiger partial charge in [-0.25, -0.2) is 0 Å². The summed E-state index contributed by atoms with van der Waals surface area (Å²) in [5.74, 6) is -0.813. The van der Waals surface area contributed by atoms with E-state index in [1.54, 1.807) is 18.2 Å². The average Bonchev–Trinajstić information content (AvgIpc) is 3.36. The van der Waals surface area contributed by atoms with Gasteiger partial charge in [0.05, 0.1) is 21.8 Å². The summed E-state index contributed by atoms with van der Waals surface area (Å²) in [5.41, 5.74) is 4.05. The molecule has 3 N–H and O–H groups in total. The van der Waals surface area contributed by atoms with Crippen molar-refractivity contribution in [2.75, 3.05) is 18.0 Å². The molecular weight excluding hydrogens is 630 g/mol. The Morgan fingerprint density at radius 3 is 2.35 bits per heavy atom. The molecule has 0 aliphatic carbocycles. The molecular formula is C37H48N3O7S+. The van der Waals surface area contributed by atoms with Gasteiger partial charge in [-0.05, 0) is 69.0 Å². The van der Waals surface area contributed by atoms with Gasteiger partial charge in [0.2, 0.25) is 0 Å². The quantitative estimate of drug-likeness (QED) is 0.0613. The van der Waals surface area contributed by atoms with Gasteiger partial charge in [-0.3, -0.25) is 24.4 Å². The zero-order valence-corrected chi connectivity index (χ0v) is 29.3. The topological polar surface area (TPSA) is 142 Å². The molecule has 0 saturated heterocycles. The number of nitrogens with zero attached hydrogens (tertiary/aromatic N) is 2. The third-order valence-corrected chi connectivity index (χ3v) is 10.5. The molecule has 0 saturated carbocycles. The van der Waals surface area contributed by atoms with E-state index in [0.717, 1.165) is 60.4 Å². The number of rotatable bonds is 15. The van der Waals surface area contributed by atoms with E-state index in [0.29, 0.717) is 13.0 Å². The molecule has 0 aromatic heterocycles. The van der Waals surface area contributed by atoms with Gasteiger partial charge in [-0.2, -0.15) is 8.42 Å². The van der Waals surface area contributed by atoms with E-state index < -0.39 is 21.5 Å². The Morgan fingerprint density at radius 2 is 1.69 bits per heavy atom. The lowest BCUT2D eigenvalue weighted by atomic mass is 9.80. The van der Waals surface area contributed by atoms with Crippen molar-refractivity contribution < 1.29 is 32.7 Å². The highest BCUT2D eigenvalue weighted by molar-refractivity contribution is 7.85. The number of allylic oxidation sites excluding steroid dienone is 7. The number of carboxylic acids is 1. The first-order chi connectivity index (χ1) is 22.6. The lowest BCUT2D eigenvalue weighted by Gasteiger charge is -2.27. The number of nitro groups is 1. The summed E-state index contributed by atoms with van der Waals surface area (Å²) in [5, 5.41) is 20.5. The summed E-state index contributed by atoms with van der Waals surface area (Å²) in [7, 11) is -4.37. The molecule has 2 atom stereocenters. The summed E-state index contributed by atoms with van der Waals surface area (Å²) in [6.07, 6.45) is 18.4. The highest BCUT2D eigenvalue weighted by Gasteiger charge is 2.48. The summed E-state index contributed by atoms with van der Waals surface area (Å²) < 4.78 is 33.5. The predicted octanol–water partition coefficient (Wildman–Crippen LogP) is 6.81. The first kappa shape index (κ1) is 36.8. The largest absolute Gasteiger partial charge is 0.481 e. The van der Waals surface area contributed by atoms with Gasteiger partial charge in [-0.1, -0.05) is 64.0 Å². The van der Waals surface area contributed by atoms with Gasteiger partial charge in [0, 0.05) is 53.5 Å². The lowest BCUT2D eigenvalue weighted by Crippen LogP contribution is -3.10. The summed E-state index contributed by atoms with van der Waals surface area (Å²) in [6, 6.07) is 10.0. The number of unbranched alkanes of at least 4 members (excludes halogenated alkanes) is 3. The van der Waals surface area contributed by atoms with Crippen molar-refractivity contribution in [2.45, 2.75) is 94.9 Å². The molecule has 2 aliphatic rings. The third-order valence-electron chi connectivity index (χ3n) is 9.64. The number of carbonyl (C=O) groups is 1. The highest BCUT2D eigenvalue weighted by Crippen LogP contribution is 2.48. The first-order valence-electron chi connectivity index (χ1n) is 16.6. The Kier molecular flexibility index (Phi) is 11.5. The van der Waals surface area contributed by atoms with Gasteiger partial charge in [-0.15, -0.1) is 0 Å². The zero-order chi connectivity index (χ0) is 35.3. The molecule has 2 aromatic carbocycles. The van der Waals surface area contributed by atoms with Crippen LogP contribution in [0.4, 0.5) is 17.1 Å². The minimum absolute atomic E-state index is 0.115. The van der Waals surface area contributed by atoms with Gasteiger partial charge in [0.15, 0.2) is 0 Å². The summed E-state index contributed by atoms with van der Waals surface area (Å²) in [4.78, 5) is 25.4. The number of hydrogen-bond donors (Lipinski definition) is 3. The number of nitrogens with one attached hydrogen (secondary N) is 1. The molecule has 2 heterocycles. The van der Waals surface area contributed by atoms with Crippen molar-refractivity contribution in [3.63, 3.8) is 0 Å². The third kappa shape index (κ3) is 7.97. The molecule has 4 rings (SSSR count). The Hall–Kier alpha value is -4.06. The van der Waals surface area contributed by atoms with Crippen LogP contribution >= 0.6 is 0 Å². The summed E-state index contributed by atoms with van der Waals surface area (Å²) in [6.45, 7) is 12.1. The second kappa shape index (κ2) is 15.0. The lowest BCUT2D eigenvalue weighted by molar-refractivity contribution is -0.850. The normalized spacial score (nSPS) is 20.7. The molecule has 11 heteroatoms. The van der Waals surface area contributed by atoms with Crippen molar-refractivity contribution in [2.24, 2.45) is 0 Å². The zero-order valence-electron chi connectivity index (χ0n) is 28.5. The fourth-order valence-electron chi connectivity index (χ4n) is 7.04. The van der Waals surface area contributed by atoms with Crippen molar-refractivity contribution >= 4 is 33.1 Å². The molecule has 48 heavy (non-hydrogen) atoms. The van der Waals surface area contributed by atoms with Gasteiger partial charge >= 0.3 is 5.97 Å².